The Kier molecular flexibility index (Phi) is 6.44. The van der Waals surface area contributed by atoms with E-state index in [1.165, 1.54) is 16.3 Å². The molecule has 7 aromatic carbocycles. The van der Waals surface area contributed by atoms with Crippen molar-refractivity contribution in [3.63, 3.8) is 0 Å². The molecule has 0 aliphatic carbocycles. The van der Waals surface area contributed by atoms with Gasteiger partial charge in [-0.3, -0.25) is 0 Å². The van der Waals surface area contributed by atoms with Crippen LogP contribution in [0.25, 0.3) is 77.2 Å². The largest absolute Gasteiger partial charge is 0.309 e. The lowest BCUT2D eigenvalue weighted by Crippen LogP contribution is -1.99. The Morgan fingerprint density at radius 3 is 1.84 bits per heavy atom. The quantitative estimate of drug-likeness (QED) is 0.196. The average molecular weight is 625 g/mol. The van der Waals surface area contributed by atoms with Gasteiger partial charge in [-0.05, 0) is 96.4 Å². The SMILES string of the molecule is Cc1ccc2c(c1)c1ccccc1n2-c1cccc(C#N)c1-c1cccc(-c2cccc(-n3c4ccccc4c4cc(C#N)ccc43)c2)c1. The molecule has 0 unspecified atom stereocenters. The third-order valence-corrected chi connectivity index (χ3v) is 9.62. The molecule has 2 heterocycles. The lowest BCUT2D eigenvalue weighted by atomic mass is 9.94. The number of nitriles is 2. The summed E-state index contributed by atoms with van der Waals surface area (Å²) < 4.78 is 4.57. The van der Waals surface area contributed by atoms with Gasteiger partial charge in [0.25, 0.3) is 0 Å². The van der Waals surface area contributed by atoms with Gasteiger partial charge in [-0.25, -0.2) is 0 Å². The molecule has 0 atom stereocenters. The highest BCUT2D eigenvalue weighted by Crippen LogP contribution is 2.39. The number of aryl methyl sites for hydroxylation is 1. The summed E-state index contributed by atoms with van der Waals surface area (Å²) in [5, 5.41) is 24.6. The Hall–Kier alpha value is -6.88. The van der Waals surface area contributed by atoms with Crippen LogP contribution >= 0.6 is 0 Å². The molecular formula is C45H28N4. The van der Waals surface area contributed by atoms with E-state index >= 15 is 0 Å². The molecule has 49 heavy (non-hydrogen) atoms. The summed E-state index contributed by atoms with van der Waals surface area (Å²) >= 11 is 0. The summed E-state index contributed by atoms with van der Waals surface area (Å²) in [4.78, 5) is 0. The van der Waals surface area contributed by atoms with Gasteiger partial charge in [0.15, 0.2) is 0 Å². The van der Waals surface area contributed by atoms with Crippen molar-refractivity contribution in [2.45, 2.75) is 6.92 Å². The summed E-state index contributed by atoms with van der Waals surface area (Å²) in [6.07, 6.45) is 0. The number of hydrogen-bond donors (Lipinski definition) is 0. The Morgan fingerprint density at radius 2 is 1.06 bits per heavy atom. The van der Waals surface area contributed by atoms with Crippen LogP contribution < -0.4 is 0 Å². The van der Waals surface area contributed by atoms with E-state index in [0.717, 1.165) is 66.5 Å². The molecule has 0 radical (unpaired) electrons. The summed E-state index contributed by atoms with van der Waals surface area (Å²) in [6, 6.07) is 57.2. The van der Waals surface area contributed by atoms with Crippen molar-refractivity contribution in [2.75, 3.05) is 0 Å². The number of rotatable bonds is 4. The van der Waals surface area contributed by atoms with Crippen molar-refractivity contribution in [1.82, 2.24) is 9.13 Å². The molecule has 0 bridgehead atoms. The molecular weight excluding hydrogens is 597 g/mol. The van der Waals surface area contributed by atoms with Crippen LogP contribution in [0.15, 0.2) is 152 Å². The van der Waals surface area contributed by atoms with E-state index in [9.17, 15) is 10.5 Å². The maximum Gasteiger partial charge on any atom is 0.0998 e. The maximum atomic E-state index is 10.4. The molecule has 0 aliphatic rings. The van der Waals surface area contributed by atoms with Crippen LogP contribution in [0.5, 0.6) is 0 Å². The van der Waals surface area contributed by atoms with E-state index in [2.05, 4.69) is 143 Å². The second kappa shape index (κ2) is 11.1. The zero-order chi connectivity index (χ0) is 33.1. The molecule has 0 spiro atoms. The van der Waals surface area contributed by atoms with Gasteiger partial charge < -0.3 is 9.13 Å². The van der Waals surface area contributed by atoms with Crippen LogP contribution in [0.4, 0.5) is 0 Å². The van der Waals surface area contributed by atoms with E-state index in [-0.39, 0.29) is 0 Å². The first-order valence-corrected chi connectivity index (χ1v) is 16.3. The van der Waals surface area contributed by atoms with Gasteiger partial charge in [0.1, 0.15) is 0 Å². The van der Waals surface area contributed by atoms with Crippen LogP contribution in [0, 0.1) is 29.6 Å². The van der Waals surface area contributed by atoms with Gasteiger partial charge >= 0.3 is 0 Å². The molecule has 2 aromatic heterocycles. The van der Waals surface area contributed by atoms with Gasteiger partial charge in [0, 0.05) is 32.8 Å². The average Bonchev–Trinajstić information content (AvgIpc) is 3.66. The highest BCUT2D eigenvalue weighted by atomic mass is 15.0. The van der Waals surface area contributed by atoms with Gasteiger partial charge in [0.05, 0.1) is 51.0 Å². The number of nitrogens with zero attached hydrogens (tertiary/aromatic N) is 4. The minimum Gasteiger partial charge on any atom is -0.309 e. The van der Waals surface area contributed by atoms with Gasteiger partial charge in [0.2, 0.25) is 0 Å². The van der Waals surface area contributed by atoms with Crippen molar-refractivity contribution in [2.24, 2.45) is 0 Å². The van der Waals surface area contributed by atoms with Crippen LogP contribution in [-0.2, 0) is 0 Å². The van der Waals surface area contributed by atoms with E-state index in [1.807, 2.05) is 36.4 Å². The second-order valence-electron chi connectivity index (χ2n) is 12.5. The molecule has 0 saturated carbocycles. The molecule has 4 heteroatoms. The lowest BCUT2D eigenvalue weighted by molar-refractivity contribution is 1.18. The van der Waals surface area contributed by atoms with Crippen molar-refractivity contribution >= 4 is 43.6 Å². The van der Waals surface area contributed by atoms with E-state index < -0.39 is 0 Å². The summed E-state index contributed by atoms with van der Waals surface area (Å²) in [5.74, 6) is 0. The number of hydrogen-bond acceptors (Lipinski definition) is 2. The minimum absolute atomic E-state index is 0.628. The molecule has 9 rings (SSSR count). The first-order chi connectivity index (χ1) is 24.1. The van der Waals surface area contributed by atoms with Crippen molar-refractivity contribution in [3.05, 3.63) is 168 Å². The molecule has 0 aliphatic heterocycles. The first kappa shape index (κ1) is 28.4. The third-order valence-electron chi connectivity index (χ3n) is 9.62. The molecule has 9 aromatic rings. The fourth-order valence-corrected chi connectivity index (χ4v) is 7.47. The standard InChI is InChI=1S/C45H28N4/c1-29-19-21-43-38(23-29)36-14-3-5-17-41(36)49(43)44-18-8-12-34(28-47)45(44)33-11-6-9-31(25-33)32-10-7-13-35(26-32)48-40-16-4-2-15-37(40)39-24-30(27-46)20-22-42(39)48/h2-26H,1H3. The number of aromatic nitrogens is 2. The fraction of sp³-hybridized carbons (Fsp3) is 0.0222. The predicted molar refractivity (Wildman–Crippen MR) is 200 cm³/mol. The van der Waals surface area contributed by atoms with Crippen LogP contribution in [-0.4, -0.2) is 9.13 Å². The highest BCUT2D eigenvalue weighted by molar-refractivity contribution is 6.11. The Morgan fingerprint density at radius 1 is 0.449 bits per heavy atom. The van der Waals surface area contributed by atoms with Crippen molar-refractivity contribution < 1.29 is 0 Å². The molecule has 0 saturated heterocycles. The molecule has 0 fully saturated rings. The van der Waals surface area contributed by atoms with E-state index in [4.69, 9.17) is 0 Å². The fourth-order valence-electron chi connectivity index (χ4n) is 7.47. The molecule has 0 N–H and O–H groups in total. The molecule has 4 nitrogen and oxygen atoms in total. The van der Waals surface area contributed by atoms with E-state index in [1.54, 1.807) is 0 Å². The lowest BCUT2D eigenvalue weighted by Gasteiger charge is -2.16. The number of benzene rings is 7. The Labute approximate surface area is 283 Å². The smallest absolute Gasteiger partial charge is 0.0998 e. The van der Waals surface area contributed by atoms with Crippen molar-refractivity contribution in [3.8, 4) is 45.8 Å². The predicted octanol–water partition coefficient (Wildman–Crippen LogP) is 11.3. The second-order valence-corrected chi connectivity index (χ2v) is 12.5. The normalized spacial score (nSPS) is 11.3. The Bertz CT molecular complexity index is 2870. The van der Waals surface area contributed by atoms with Crippen LogP contribution in [0.1, 0.15) is 16.7 Å². The third kappa shape index (κ3) is 4.43. The molecule has 0 amide bonds. The minimum atomic E-state index is 0.628. The highest BCUT2D eigenvalue weighted by Gasteiger charge is 2.19. The summed E-state index contributed by atoms with van der Waals surface area (Å²) in [7, 11) is 0. The zero-order valence-corrected chi connectivity index (χ0v) is 26.7. The first-order valence-electron chi connectivity index (χ1n) is 16.3. The molecule has 228 valence electrons. The Balaban J connectivity index is 1.23. The maximum absolute atomic E-state index is 10.4. The number of fused-ring (bicyclic) bond motifs is 6. The summed E-state index contributed by atoms with van der Waals surface area (Å²) in [5.41, 5.74) is 12.9. The summed E-state index contributed by atoms with van der Waals surface area (Å²) in [6.45, 7) is 2.12. The topological polar surface area (TPSA) is 57.4 Å². The number of para-hydroxylation sites is 2. The van der Waals surface area contributed by atoms with E-state index in [0.29, 0.717) is 11.1 Å². The van der Waals surface area contributed by atoms with Crippen LogP contribution in [0.3, 0.4) is 0 Å². The van der Waals surface area contributed by atoms with Crippen molar-refractivity contribution in [1.29, 1.82) is 10.5 Å². The van der Waals surface area contributed by atoms with Gasteiger partial charge in [-0.1, -0.05) is 84.4 Å². The zero-order valence-electron chi connectivity index (χ0n) is 26.7. The van der Waals surface area contributed by atoms with Gasteiger partial charge in [-0.15, -0.1) is 0 Å². The van der Waals surface area contributed by atoms with Gasteiger partial charge in [-0.2, -0.15) is 10.5 Å². The van der Waals surface area contributed by atoms with Crippen LogP contribution in [0.2, 0.25) is 0 Å². The monoisotopic (exact) mass is 624 g/mol.